The first-order chi connectivity index (χ1) is 14.9. The Morgan fingerprint density at radius 2 is 0.781 bits per heavy atom. The van der Waals surface area contributed by atoms with Crippen molar-refractivity contribution in [2.24, 2.45) is 0 Å². The van der Waals surface area contributed by atoms with Gasteiger partial charge in [-0.25, -0.2) is 0 Å². The van der Waals surface area contributed by atoms with Crippen molar-refractivity contribution in [2.45, 2.75) is 20.8 Å². The summed E-state index contributed by atoms with van der Waals surface area (Å²) in [6.45, 7) is 5.13. The summed E-state index contributed by atoms with van der Waals surface area (Å²) in [5.74, 6) is -0.0702. The molecule has 4 nitrogen and oxygen atoms in total. The minimum absolute atomic E-state index is 0.0234. The molecule has 0 aromatic heterocycles. The lowest BCUT2D eigenvalue weighted by Crippen LogP contribution is -2.09. The summed E-state index contributed by atoms with van der Waals surface area (Å²) in [6, 6.07) is 9.01. The average molecular weight is 575 g/mol. The second kappa shape index (κ2) is 10.1. The molecular weight excluding hydrogens is 560 g/mol. The van der Waals surface area contributed by atoms with Gasteiger partial charge in [0.15, 0.2) is 17.2 Å². The number of rotatable bonds is 6. The standard InChI is InChI=1S/C21H15Cl6O4P/c1-10-4-13(22)7-16(19(10)25)29-32(28,30-17-8-14(23)5-11(2)20(17)26)31-18-9-15(24)6-12(3)21(18)27/h4-9H,1-3H3. The fraction of sp³-hybridized carbons (Fsp3) is 0.143. The minimum atomic E-state index is -4.51. The number of hydrogen-bond donors (Lipinski definition) is 0. The molecule has 0 unspecified atom stereocenters. The van der Waals surface area contributed by atoms with Crippen LogP contribution in [0.5, 0.6) is 17.2 Å². The van der Waals surface area contributed by atoms with E-state index in [1.165, 1.54) is 18.2 Å². The van der Waals surface area contributed by atoms with Crippen molar-refractivity contribution in [2.75, 3.05) is 0 Å². The summed E-state index contributed by atoms with van der Waals surface area (Å²) >= 11 is 37.3. The molecule has 0 atom stereocenters. The molecule has 0 aliphatic rings. The maximum atomic E-state index is 13.9. The molecule has 0 fully saturated rings. The van der Waals surface area contributed by atoms with Crippen molar-refractivity contribution in [1.82, 2.24) is 0 Å². The highest BCUT2D eigenvalue weighted by Crippen LogP contribution is 2.54. The van der Waals surface area contributed by atoms with Crippen molar-refractivity contribution in [3.8, 4) is 17.2 Å². The van der Waals surface area contributed by atoms with E-state index >= 15 is 0 Å². The highest BCUT2D eigenvalue weighted by Gasteiger charge is 2.36. The Morgan fingerprint density at radius 3 is 1.03 bits per heavy atom. The highest BCUT2D eigenvalue weighted by molar-refractivity contribution is 7.49. The van der Waals surface area contributed by atoms with Crippen LogP contribution in [0.3, 0.4) is 0 Å². The van der Waals surface area contributed by atoms with Crippen molar-refractivity contribution >= 4 is 77.4 Å². The summed E-state index contributed by atoms with van der Waals surface area (Å²) in [5.41, 5.74) is 1.77. The van der Waals surface area contributed by atoms with Gasteiger partial charge in [0.2, 0.25) is 0 Å². The van der Waals surface area contributed by atoms with Crippen molar-refractivity contribution in [3.63, 3.8) is 0 Å². The van der Waals surface area contributed by atoms with Crippen LogP contribution in [0.1, 0.15) is 16.7 Å². The molecule has 0 aliphatic carbocycles. The first-order valence-electron chi connectivity index (χ1n) is 8.94. The molecule has 3 aromatic rings. The van der Waals surface area contributed by atoms with E-state index in [1.807, 2.05) is 0 Å². The number of halogens is 6. The van der Waals surface area contributed by atoms with Gasteiger partial charge in [-0.3, -0.25) is 0 Å². The SMILES string of the molecule is Cc1cc(Cl)cc(OP(=O)(Oc2cc(Cl)cc(C)c2Cl)Oc2cc(Cl)cc(C)c2Cl)c1Cl. The van der Waals surface area contributed by atoms with Crippen LogP contribution in [0.15, 0.2) is 36.4 Å². The van der Waals surface area contributed by atoms with E-state index < -0.39 is 7.82 Å². The van der Waals surface area contributed by atoms with Crippen LogP contribution >= 0.6 is 77.4 Å². The third kappa shape index (κ3) is 5.93. The summed E-state index contributed by atoms with van der Waals surface area (Å²) < 4.78 is 30.9. The van der Waals surface area contributed by atoms with E-state index in [9.17, 15) is 4.57 Å². The third-order valence-electron chi connectivity index (χ3n) is 4.19. The maximum Gasteiger partial charge on any atom is 0.647 e. The van der Waals surface area contributed by atoms with Gasteiger partial charge in [0.05, 0.1) is 15.1 Å². The molecule has 0 spiro atoms. The molecular formula is C21H15Cl6O4P. The molecule has 170 valence electrons. The summed E-state index contributed by atoms with van der Waals surface area (Å²) in [6.07, 6.45) is 0. The van der Waals surface area contributed by atoms with Gasteiger partial charge in [0, 0.05) is 33.3 Å². The van der Waals surface area contributed by atoms with Gasteiger partial charge >= 0.3 is 7.82 Å². The lowest BCUT2D eigenvalue weighted by atomic mass is 10.2. The molecule has 0 N–H and O–H groups in total. The molecule has 0 saturated heterocycles. The summed E-state index contributed by atoms with van der Waals surface area (Å²) in [7, 11) is -4.51. The largest absolute Gasteiger partial charge is 0.647 e. The average Bonchev–Trinajstić information content (AvgIpc) is 2.67. The monoisotopic (exact) mass is 572 g/mol. The van der Waals surface area contributed by atoms with Crippen molar-refractivity contribution in [1.29, 1.82) is 0 Å². The van der Waals surface area contributed by atoms with Gasteiger partial charge in [0.1, 0.15) is 0 Å². The highest BCUT2D eigenvalue weighted by atomic mass is 35.5. The third-order valence-corrected chi connectivity index (χ3v) is 7.56. The number of hydrogen-bond acceptors (Lipinski definition) is 4. The minimum Gasteiger partial charge on any atom is -0.384 e. The van der Waals surface area contributed by atoms with Gasteiger partial charge in [-0.05, 0) is 55.7 Å². The summed E-state index contributed by atoms with van der Waals surface area (Å²) in [5, 5.41) is 1.43. The van der Waals surface area contributed by atoms with Crippen LogP contribution in [0, 0.1) is 20.8 Å². The second-order valence-electron chi connectivity index (χ2n) is 6.83. The first-order valence-corrected chi connectivity index (χ1v) is 12.7. The number of benzene rings is 3. The van der Waals surface area contributed by atoms with Gasteiger partial charge in [-0.15, -0.1) is 0 Å². The predicted molar refractivity (Wildman–Crippen MR) is 133 cm³/mol. The Balaban J connectivity index is 2.12. The van der Waals surface area contributed by atoms with Crippen molar-refractivity contribution < 1.29 is 18.1 Å². The lowest BCUT2D eigenvalue weighted by molar-refractivity contribution is 0.298. The molecule has 3 rings (SSSR count). The van der Waals surface area contributed by atoms with Crippen LogP contribution in [0.25, 0.3) is 0 Å². The fourth-order valence-electron chi connectivity index (χ4n) is 2.70. The molecule has 3 aromatic carbocycles. The zero-order valence-corrected chi connectivity index (χ0v) is 22.2. The van der Waals surface area contributed by atoms with Crippen LogP contribution < -0.4 is 13.6 Å². The van der Waals surface area contributed by atoms with E-state index in [4.69, 9.17) is 83.2 Å². The number of phosphoric acid groups is 1. The molecule has 0 amide bonds. The Bertz CT molecular complexity index is 1100. The molecule has 0 bridgehead atoms. The summed E-state index contributed by atoms with van der Waals surface area (Å²) in [4.78, 5) is 0. The van der Waals surface area contributed by atoms with Crippen molar-refractivity contribution in [3.05, 3.63) is 83.2 Å². The second-order valence-corrected chi connectivity index (χ2v) is 10.7. The van der Waals surface area contributed by atoms with Crippen LogP contribution in [-0.4, -0.2) is 0 Å². The maximum absolute atomic E-state index is 13.9. The van der Waals surface area contributed by atoms with Crippen LogP contribution in [0.4, 0.5) is 0 Å². The topological polar surface area (TPSA) is 44.8 Å². The van der Waals surface area contributed by atoms with E-state index in [1.54, 1.807) is 39.0 Å². The van der Waals surface area contributed by atoms with Gasteiger partial charge in [-0.1, -0.05) is 69.6 Å². The van der Waals surface area contributed by atoms with E-state index in [-0.39, 0.29) is 32.3 Å². The lowest BCUT2D eigenvalue weighted by Gasteiger charge is -2.22. The Morgan fingerprint density at radius 1 is 0.531 bits per heavy atom. The Hall–Kier alpha value is -0.970. The van der Waals surface area contributed by atoms with Gasteiger partial charge in [-0.2, -0.15) is 4.57 Å². The normalized spacial score (nSPS) is 11.4. The van der Waals surface area contributed by atoms with E-state index in [0.717, 1.165) is 0 Å². The quantitative estimate of drug-likeness (QED) is 0.275. The zero-order chi connectivity index (χ0) is 23.8. The fourth-order valence-corrected chi connectivity index (χ4v) is 5.36. The van der Waals surface area contributed by atoms with E-state index in [2.05, 4.69) is 0 Å². The smallest absolute Gasteiger partial charge is 0.384 e. The number of phosphoric ester groups is 1. The van der Waals surface area contributed by atoms with Crippen LogP contribution in [0.2, 0.25) is 30.1 Å². The van der Waals surface area contributed by atoms with Gasteiger partial charge in [0.25, 0.3) is 0 Å². The molecule has 32 heavy (non-hydrogen) atoms. The van der Waals surface area contributed by atoms with Gasteiger partial charge < -0.3 is 13.6 Å². The molecule has 0 aliphatic heterocycles. The first kappa shape index (κ1) is 25.6. The number of aryl methyl sites for hydroxylation is 3. The molecule has 0 saturated carbocycles. The Labute approximate surface area is 215 Å². The molecule has 0 radical (unpaired) electrons. The molecule has 0 heterocycles. The van der Waals surface area contributed by atoms with Crippen LogP contribution in [-0.2, 0) is 4.57 Å². The zero-order valence-electron chi connectivity index (χ0n) is 16.8. The predicted octanol–water partition coefficient (Wildman–Crippen LogP) is 10.2. The Kier molecular flexibility index (Phi) is 8.10. The van der Waals surface area contributed by atoms with E-state index in [0.29, 0.717) is 31.8 Å². The molecule has 11 heteroatoms.